The highest BCUT2D eigenvalue weighted by atomic mass is 32.2. The van der Waals surface area contributed by atoms with E-state index in [0.717, 1.165) is 12.2 Å². The highest BCUT2D eigenvalue weighted by Gasteiger charge is 2.17. The lowest BCUT2D eigenvalue weighted by Gasteiger charge is -2.04. The lowest BCUT2D eigenvalue weighted by molar-refractivity contribution is 0.580. The van der Waals surface area contributed by atoms with E-state index in [0.29, 0.717) is 12.2 Å². The van der Waals surface area contributed by atoms with Crippen LogP contribution in [-0.2, 0) is 29.7 Å². The molecule has 0 aromatic carbocycles. The van der Waals surface area contributed by atoms with Gasteiger partial charge in [-0.2, -0.15) is 0 Å². The molecular formula is C14H20N4O2S. The van der Waals surface area contributed by atoms with Crippen molar-refractivity contribution in [3.05, 3.63) is 48.0 Å². The zero-order chi connectivity index (χ0) is 15.3. The summed E-state index contributed by atoms with van der Waals surface area (Å²) in [6.07, 6.45) is 3.30. The van der Waals surface area contributed by atoms with E-state index in [1.807, 2.05) is 24.6 Å². The summed E-state index contributed by atoms with van der Waals surface area (Å²) in [7, 11) is -1.69. The molecule has 0 aliphatic rings. The molecule has 0 unspecified atom stereocenters. The van der Waals surface area contributed by atoms with Crippen molar-refractivity contribution < 1.29 is 8.42 Å². The first-order valence-corrected chi connectivity index (χ1v) is 8.28. The minimum Gasteiger partial charge on any atom is -0.349 e. The number of pyridine rings is 1. The predicted octanol–water partition coefficient (Wildman–Crippen LogP) is 1.10. The van der Waals surface area contributed by atoms with E-state index >= 15 is 0 Å². The Morgan fingerprint density at radius 1 is 1.29 bits per heavy atom. The van der Waals surface area contributed by atoms with Gasteiger partial charge in [0.2, 0.25) is 10.0 Å². The lowest BCUT2D eigenvalue weighted by atomic mass is 10.4. The number of hydrogen-bond acceptors (Lipinski definition) is 4. The third-order valence-corrected chi connectivity index (χ3v) is 4.51. The number of rotatable bonds is 7. The van der Waals surface area contributed by atoms with Crippen LogP contribution in [0, 0.1) is 0 Å². The van der Waals surface area contributed by atoms with Gasteiger partial charge in [-0.1, -0.05) is 6.07 Å². The number of sulfonamides is 1. The third-order valence-electron chi connectivity index (χ3n) is 3.14. The van der Waals surface area contributed by atoms with E-state index in [9.17, 15) is 8.42 Å². The van der Waals surface area contributed by atoms with Gasteiger partial charge in [-0.15, -0.1) is 0 Å². The molecule has 21 heavy (non-hydrogen) atoms. The molecule has 0 bridgehead atoms. The smallest absolute Gasteiger partial charge is 0.242 e. The van der Waals surface area contributed by atoms with Crippen molar-refractivity contribution in [1.29, 1.82) is 0 Å². The van der Waals surface area contributed by atoms with Crippen LogP contribution in [0.15, 0.2) is 41.6 Å². The minimum atomic E-state index is -3.53. The van der Waals surface area contributed by atoms with E-state index in [1.54, 1.807) is 30.6 Å². The lowest BCUT2D eigenvalue weighted by Crippen LogP contribution is -2.23. The summed E-state index contributed by atoms with van der Waals surface area (Å²) < 4.78 is 29.1. The van der Waals surface area contributed by atoms with Gasteiger partial charge in [0, 0.05) is 31.2 Å². The Hall–Kier alpha value is -1.70. The van der Waals surface area contributed by atoms with Gasteiger partial charge in [-0.25, -0.2) is 13.1 Å². The zero-order valence-electron chi connectivity index (χ0n) is 12.2. The second-order valence-corrected chi connectivity index (χ2v) is 6.40. The highest BCUT2D eigenvalue weighted by Crippen LogP contribution is 2.15. The summed E-state index contributed by atoms with van der Waals surface area (Å²) in [6.45, 7) is 3.52. The standard InChI is InChI=1S/C14H20N4O2S/c1-3-18-11-14(8-13(18)10-15-2)21(19,20)17-9-12-6-4-5-7-16-12/h4-8,11,15,17H,3,9-10H2,1-2H3. The van der Waals surface area contributed by atoms with Crippen molar-refractivity contribution in [3.8, 4) is 0 Å². The maximum Gasteiger partial charge on any atom is 0.242 e. The Kier molecular flexibility index (Phi) is 5.11. The molecule has 2 heterocycles. The molecule has 6 nitrogen and oxygen atoms in total. The molecule has 0 saturated carbocycles. The first-order valence-electron chi connectivity index (χ1n) is 6.80. The summed E-state index contributed by atoms with van der Waals surface area (Å²) in [4.78, 5) is 4.38. The van der Waals surface area contributed by atoms with Crippen LogP contribution in [0.2, 0.25) is 0 Å². The SMILES string of the molecule is CCn1cc(S(=O)(=O)NCc2ccccn2)cc1CNC. The second kappa shape index (κ2) is 6.84. The van der Waals surface area contributed by atoms with Crippen LogP contribution >= 0.6 is 0 Å². The zero-order valence-corrected chi connectivity index (χ0v) is 13.0. The van der Waals surface area contributed by atoms with Crippen molar-refractivity contribution in [1.82, 2.24) is 19.6 Å². The van der Waals surface area contributed by atoms with Crippen molar-refractivity contribution in [2.45, 2.75) is 31.5 Å². The Morgan fingerprint density at radius 2 is 2.10 bits per heavy atom. The first-order chi connectivity index (χ1) is 10.1. The van der Waals surface area contributed by atoms with E-state index in [2.05, 4.69) is 15.0 Å². The fourth-order valence-corrected chi connectivity index (χ4v) is 3.11. The van der Waals surface area contributed by atoms with E-state index < -0.39 is 10.0 Å². The van der Waals surface area contributed by atoms with Crippen LogP contribution in [0.5, 0.6) is 0 Å². The van der Waals surface area contributed by atoms with Gasteiger partial charge >= 0.3 is 0 Å². The first kappa shape index (κ1) is 15.7. The molecule has 0 saturated heterocycles. The quantitative estimate of drug-likeness (QED) is 0.803. The van der Waals surface area contributed by atoms with Gasteiger partial charge in [0.25, 0.3) is 0 Å². The van der Waals surface area contributed by atoms with Gasteiger partial charge < -0.3 is 9.88 Å². The van der Waals surface area contributed by atoms with E-state index in [1.165, 1.54) is 0 Å². The molecule has 0 atom stereocenters. The molecule has 2 rings (SSSR count). The minimum absolute atomic E-state index is 0.182. The maximum absolute atomic E-state index is 12.3. The predicted molar refractivity (Wildman–Crippen MR) is 81.1 cm³/mol. The Labute approximate surface area is 125 Å². The van der Waals surface area contributed by atoms with Gasteiger partial charge in [0.15, 0.2) is 0 Å². The molecule has 2 aromatic heterocycles. The summed E-state index contributed by atoms with van der Waals surface area (Å²) >= 11 is 0. The number of hydrogen-bond donors (Lipinski definition) is 2. The molecule has 7 heteroatoms. The Morgan fingerprint density at radius 3 is 2.71 bits per heavy atom. The molecule has 0 fully saturated rings. The van der Waals surface area contributed by atoms with E-state index in [4.69, 9.17) is 0 Å². The largest absolute Gasteiger partial charge is 0.349 e. The van der Waals surface area contributed by atoms with Gasteiger partial charge in [0.05, 0.1) is 17.1 Å². The van der Waals surface area contributed by atoms with Crippen molar-refractivity contribution in [2.24, 2.45) is 0 Å². The van der Waals surface area contributed by atoms with Crippen LogP contribution in [0.3, 0.4) is 0 Å². The number of nitrogens with zero attached hydrogens (tertiary/aromatic N) is 2. The van der Waals surface area contributed by atoms with E-state index in [-0.39, 0.29) is 11.4 Å². The molecule has 114 valence electrons. The van der Waals surface area contributed by atoms with Crippen LogP contribution in [0.4, 0.5) is 0 Å². The van der Waals surface area contributed by atoms with Gasteiger partial charge in [-0.3, -0.25) is 4.98 Å². The monoisotopic (exact) mass is 308 g/mol. The molecule has 2 N–H and O–H groups in total. The second-order valence-electron chi connectivity index (χ2n) is 4.63. The average molecular weight is 308 g/mol. The number of aromatic nitrogens is 2. The third kappa shape index (κ3) is 3.90. The summed E-state index contributed by atoms with van der Waals surface area (Å²) in [5.41, 5.74) is 1.63. The topological polar surface area (TPSA) is 76.0 Å². The van der Waals surface area contributed by atoms with Crippen molar-refractivity contribution in [3.63, 3.8) is 0 Å². The molecular weight excluding hydrogens is 288 g/mol. The normalized spacial score (nSPS) is 11.7. The number of aryl methyl sites for hydroxylation is 1. The van der Waals surface area contributed by atoms with Crippen LogP contribution in [-0.4, -0.2) is 25.0 Å². The average Bonchev–Trinajstić information content (AvgIpc) is 2.91. The summed E-state index contributed by atoms with van der Waals surface area (Å²) in [5.74, 6) is 0. The number of nitrogens with one attached hydrogen (secondary N) is 2. The molecule has 0 radical (unpaired) electrons. The molecule has 0 amide bonds. The summed E-state index contributed by atoms with van der Waals surface area (Å²) in [6, 6.07) is 7.10. The molecule has 2 aromatic rings. The van der Waals surface area contributed by atoms with Crippen molar-refractivity contribution in [2.75, 3.05) is 7.05 Å². The fraction of sp³-hybridized carbons (Fsp3) is 0.357. The van der Waals surface area contributed by atoms with Crippen LogP contribution in [0.1, 0.15) is 18.3 Å². The molecule has 0 aliphatic heterocycles. The Balaban J connectivity index is 2.15. The van der Waals surface area contributed by atoms with Crippen molar-refractivity contribution >= 4 is 10.0 Å². The Bertz CT molecular complexity index is 680. The molecule has 0 aliphatic carbocycles. The fourth-order valence-electron chi connectivity index (χ4n) is 2.05. The van der Waals surface area contributed by atoms with Gasteiger partial charge in [-0.05, 0) is 32.2 Å². The van der Waals surface area contributed by atoms with Crippen LogP contribution in [0.25, 0.3) is 0 Å². The summed E-state index contributed by atoms with van der Waals surface area (Å²) in [5, 5.41) is 3.04. The van der Waals surface area contributed by atoms with Gasteiger partial charge in [0.1, 0.15) is 0 Å². The van der Waals surface area contributed by atoms with Crippen LogP contribution < -0.4 is 10.0 Å². The maximum atomic E-state index is 12.3. The highest BCUT2D eigenvalue weighted by molar-refractivity contribution is 7.89. The molecule has 0 spiro atoms.